The molecule has 0 spiro atoms. The molecule has 1 fully saturated rings. The lowest BCUT2D eigenvalue weighted by Gasteiger charge is -2.37. The number of nitrogens with zero attached hydrogens (tertiary/aromatic N) is 1. The molecule has 3 nitrogen and oxygen atoms in total. The molecule has 0 saturated carbocycles. The van der Waals surface area contributed by atoms with E-state index >= 15 is 0 Å². The predicted molar refractivity (Wildman–Crippen MR) is 79.1 cm³/mol. The number of rotatable bonds is 4. The van der Waals surface area contributed by atoms with Crippen molar-refractivity contribution in [3.05, 3.63) is 29.8 Å². The molecular formula is C14H23N3S. The van der Waals surface area contributed by atoms with E-state index in [9.17, 15) is 0 Å². The highest BCUT2D eigenvalue weighted by Gasteiger charge is 2.25. The maximum atomic E-state index is 6.40. The molecular weight excluding hydrogens is 242 g/mol. The van der Waals surface area contributed by atoms with Gasteiger partial charge in [-0.1, -0.05) is 19.1 Å². The Kier molecular flexibility index (Phi) is 5.06. The summed E-state index contributed by atoms with van der Waals surface area (Å²) in [7, 11) is 2.16. The molecule has 0 radical (unpaired) electrons. The molecule has 2 atom stereocenters. The molecule has 4 heteroatoms. The van der Waals surface area contributed by atoms with E-state index in [1.807, 2.05) is 11.8 Å². The average molecular weight is 265 g/mol. The van der Waals surface area contributed by atoms with Crippen LogP contribution in [0.15, 0.2) is 29.2 Å². The molecule has 1 heterocycles. The van der Waals surface area contributed by atoms with E-state index in [2.05, 4.69) is 48.5 Å². The van der Waals surface area contributed by atoms with E-state index in [1.165, 1.54) is 10.5 Å². The molecule has 2 rings (SSSR count). The monoisotopic (exact) mass is 265 g/mol. The van der Waals surface area contributed by atoms with Crippen molar-refractivity contribution in [3.63, 3.8) is 0 Å². The lowest BCUT2D eigenvalue weighted by Crippen LogP contribution is -2.53. The lowest BCUT2D eigenvalue weighted by atomic mass is 9.98. The second-order valence-corrected chi connectivity index (χ2v) is 6.12. The van der Waals surface area contributed by atoms with Crippen molar-refractivity contribution < 1.29 is 0 Å². The van der Waals surface area contributed by atoms with E-state index in [4.69, 9.17) is 5.73 Å². The molecule has 1 aromatic rings. The van der Waals surface area contributed by atoms with Gasteiger partial charge in [0.15, 0.2) is 0 Å². The van der Waals surface area contributed by atoms with Gasteiger partial charge in [-0.2, -0.15) is 0 Å². The molecule has 1 aliphatic heterocycles. The van der Waals surface area contributed by atoms with Gasteiger partial charge in [0.05, 0.1) is 0 Å². The second-order valence-electron chi connectivity index (χ2n) is 4.78. The van der Waals surface area contributed by atoms with Crippen LogP contribution in [0.5, 0.6) is 0 Å². The maximum Gasteiger partial charge on any atom is 0.0465 e. The van der Waals surface area contributed by atoms with Crippen LogP contribution in [-0.2, 0) is 0 Å². The number of benzene rings is 1. The van der Waals surface area contributed by atoms with Crippen LogP contribution in [0.25, 0.3) is 0 Å². The fourth-order valence-corrected chi connectivity index (χ4v) is 3.07. The Morgan fingerprint density at radius 3 is 2.78 bits per heavy atom. The topological polar surface area (TPSA) is 41.3 Å². The number of likely N-dealkylation sites (N-methyl/N-ethyl adjacent to an activating group) is 1. The Morgan fingerprint density at radius 1 is 1.44 bits per heavy atom. The van der Waals surface area contributed by atoms with Crippen LogP contribution in [-0.4, -0.2) is 43.4 Å². The minimum absolute atomic E-state index is 0.0866. The molecule has 100 valence electrons. The number of thioether (sulfide) groups is 1. The molecule has 1 aromatic carbocycles. The molecule has 2 unspecified atom stereocenters. The average Bonchev–Trinajstić information content (AvgIpc) is 2.40. The number of hydrogen-bond acceptors (Lipinski definition) is 4. The summed E-state index contributed by atoms with van der Waals surface area (Å²) in [6, 6.07) is 9.18. The van der Waals surface area contributed by atoms with Gasteiger partial charge in [-0.3, -0.25) is 4.90 Å². The minimum Gasteiger partial charge on any atom is -0.323 e. The first kappa shape index (κ1) is 13.9. The first-order chi connectivity index (χ1) is 8.72. The molecule has 0 amide bonds. The SMILES string of the molecule is CCSc1ccc(C(N)C2CNCCN2C)cc1. The van der Waals surface area contributed by atoms with Gasteiger partial charge in [-0.15, -0.1) is 11.8 Å². The Hall–Kier alpha value is -0.550. The zero-order valence-corrected chi connectivity index (χ0v) is 12.0. The first-order valence-electron chi connectivity index (χ1n) is 6.61. The summed E-state index contributed by atoms with van der Waals surface area (Å²) < 4.78 is 0. The van der Waals surface area contributed by atoms with E-state index in [-0.39, 0.29) is 6.04 Å². The third-order valence-corrected chi connectivity index (χ3v) is 4.45. The number of piperazine rings is 1. The maximum absolute atomic E-state index is 6.40. The highest BCUT2D eigenvalue weighted by Crippen LogP contribution is 2.23. The fourth-order valence-electron chi connectivity index (χ4n) is 2.40. The van der Waals surface area contributed by atoms with Crippen LogP contribution in [0.4, 0.5) is 0 Å². The van der Waals surface area contributed by atoms with E-state index in [0.29, 0.717) is 6.04 Å². The standard InChI is InChI=1S/C14H23N3S/c1-3-18-12-6-4-11(5-7-12)14(15)13-10-16-8-9-17(13)2/h4-7,13-14,16H,3,8-10,15H2,1-2H3. The predicted octanol–water partition coefficient (Wildman–Crippen LogP) is 1.70. The Bertz CT molecular complexity index is 366. The molecule has 0 bridgehead atoms. The summed E-state index contributed by atoms with van der Waals surface area (Å²) in [6.07, 6.45) is 0. The molecule has 0 aromatic heterocycles. The fraction of sp³-hybridized carbons (Fsp3) is 0.571. The van der Waals surface area contributed by atoms with E-state index in [1.54, 1.807) is 0 Å². The van der Waals surface area contributed by atoms with Crippen LogP contribution in [0.1, 0.15) is 18.5 Å². The summed E-state index contributed by atoms with van der Waals surface area (Å²) >= 11 is 1.87. The van der Waals surface area contributed by atoms with Crippen LogP contribution in [0.3, 0.4) is 0 Å². The number of nitrogens with two attached hydrogens (primary N) is 1. The first-order valence-corrected chi connectivity index (χ1v) is 7.60. The quantitative estimate of drug-likeness (QED) is 0.813. The third-order valence-electron chi connectivity index (χ3n) is 3.55. The molecule has 0 aliphatic carbocycles. The van der Waals surface area contributed by atoms with Crippen molar-refractivity contribution >= 4 is 11.8 Å². The second kappa shape index (κ2) is 6.57. The molecule has 1 aliphatic rings. The van der Waals surface area contributed by atoms with Gasteiger partial charge in [0.2, 0.25) is 0 Å². The molecule has 18 heavy (non-hydrogen) atoms. The normalized spacial score (nSPS) is 22.9. The molecule has 1 saturated heterocycles. The van der Waals surface area contributed by atoms with Crippen molar-refractivity contribution in [2.45, 2.75) is 23.9 Å². The van der Waals surface area contributed by atoms with Gasteiger partial charge in [0.25, 0.3) is 0 Å². The van der Waals surface area contributed by atoms with Crippen molar-refractivity contribution in [2.24, 2.45) is 5.73 Å². The van der Waals surface area contributed by atoms with Crippen molar-refractivity contribution in [3.8, 4) is 0 Å². The third kappa shape index (κ3) is 3.26. The van der Waals surface area contributed by atoms with Crippen LogP contribution < -0.4 is 11.1 Å². The van der Waals surface area contributed by atoms with Crippen molar-refractivity contribution in [1.29, 1.82) is 0 Å². The molecule has 3 N–H and O–H groups in total. The van der Waals surface area contributed by atoms with Crippen molar-refractivity contribution in [1.82, 2.24) is 10.2 Å². The number of hydrogen-bond donors (Lipinski definition) is 2. The van der Waals surface area contributed by atoms with Crippen LogP contribution >= 0.6 is 11.8 Å². The summed E-state index contributed by atoms with van der Waals surface area (Å²) in [5.41, 5.74) is 7.63. The lowest BCUT2D eigenvalue weighted by molar-refractivity contribution is 0.174. The Labute approximate surface area is 114 Å². The van der Waals surface area contributed by atoms with Gasteiger partial charge < -0.3 is 11.1 Å². The smallest absolute Gasteiger partial charge is 0.0465 e. The summed E-state index contributed by atoms with van der Waals surface area (Å²) in [5.74, 6) is 1.11. The zero-order valence-electron chi connectivity index (χ0n) is 11.2. The summed E-state index contributed by atoms with van der Waals surface area (Å²) in [6.45, 7) is 5.28. The Balaban J connectivity index is 2.05. The van der Waals surface area contributed by atoms with Gasteiger partial charge in [0, 0.05) is 36.6 Å². The summed E-state index contributed by atoms with van der Waals surface area (Å²) in [4.78, 5) is 3.68. The van der Waals surface area contributed by atoms with E-state index < -0.39 is 0 Å². The van der Waals surface area contributed by atoms with Gasteiger partial charge in [-0.25, -0.2) is 0 Å². The minimum atomic E-state index is 0.0866. The largest absolute Gasteiger partial charge is 0.323 e. The van der Waals surface area contributed by atoms with Crippen molar-refractivity contribution in [2.75, 3.05) is 32.4 Å². The Morgan fingerprint density at radius 2 is 2.17 bits per heavy atom. The highest BCUT2D eigenvalue weighted by molar-refractivity contribution is 7.99. The van der Waals surface area contributed by atoms with Gasteiger partial charge in [-0.05, 0) is 30.5 Å². The summed E-state index contributed by atoms with van der Waals surface area (Å²) in [5, 5.41) is 3.42. The van der Waals surface area contributed by atoms with Crippen LogP contribution in [0.2, 0.25) is 0 Å². The van der Waals surface area contributed by atoms with E-state index in [0.717, 1.165) is 25.4 Å². The van der Waals surface area contributed by atoms with Gasteiger partial charge in [0.1, 0.15) is 0 Å². The van der Waals surface area contributed by atoms with Gasteiger partial charge >= 0.3 is 0 Å². The van der Waals surface area contributed by atoms with Crippen LogP contribution in [0, 0.1) is 0 Å². The zero-order chi connectivity index (χ0) is 13.0. The highest BCUT2D eigenvalue weighted by atomic mass is 32.2. The number of nitrogens with one attached hydrogen (secondary N) is 1.